The van der Waals surface area contributed by atoms with Gasteiger partial charge in [-0.25, -0.2) is 4.98 Å². The van der Waals surface area contributed by atoms with E-state index in [1.807, 2.05) is 86.0 Å². The summed E-state index contributed by atoms with van der Waals surface area (Å²) in [6.45, 7) is 5.99. The van der Waals surface area contributed by atoms with Crippen molar-refractivity contribution < 1.29 is 45.4 Å². The maximum atomic E-state index is 9.25. The fourth-order valence-electron chi connectivity index (χ4n) is 8.26. The molecule has 0 saturated heterocycles. The number of fused-ring (bicyclic) bond motifs is 4. The normalized spacial score (nSPS) is 14.7. The molecule has 1 atom stereocenters. The minimum Gasteiger partial charge on any atom is -0.510 e. The summed E-state index contributed by atoms with van der Waals surface area (Å²) in [5.74, 6) is 0.507. The number of pyridine rings is 1. The number of benzene rings is 8. The smallest absolute Gasteiger partial charge is 0.268 e. The number of hydrogen-bond acceptors (Lipinski definition) is 2. The van der Waals surface area contributed by atoms with Gasteiger partial charge >= 0.3 is 0 Å². The quantitative estimate of drug-likeness (QED) is 0.101. The zero-order valence-electron chi connectivity index (χ0n) is 46.4. The van der Waals surface area contributed by atoms with Crippen LogP contribution in [0.25, 0.3) is 83.4 Å². The minimum atomic E-state index is -0.877. The van der Waals surface area contributed by atoms with Crippen LogP contribution < -0.4 is 9.30 Å². The molecule has 0 amide bonds. The summed E-state index contributed by atoms with van der Waals surface area (Å²) in [5, 5.41) is 1.90. The number of aromatic nitrogens is 4. The SMILES string of the molecule is [2H]c1c([2H])c([2H])c(-c2cccc(-c3c([2H])c([2H])c([2H])c([2H])c3[2H])c2-[n+]2[c-]n(-c3[c-]c(Oc4[c-]c5c(cc4)c4cc(-c6ccccc6)ccc4n5-c4cc(C([2H])(C)C(C)C)ccn4)ccc3)c3ccccc32)c([2H])c1[2H].[Pt]. The average Bonchev–Trinajstić information content (AvgIpc) is 3.99. The largest absolute Gasteiger partial charge is 0.510 e. The number of ether oxygens (including phenoxy) is 1. The number of para-hydroxylation sites is 3. The van der Waals surface area contributed by atoms with Gasteiger partial charge in [0.05, 0.1) is 30.4 Å². The first-order chi connectivity index (χ1) is 36.0. The monoisotopic (exact) mass is 1030 g/mol. The Balaban J connectivity index is 0.00000657. The zero-order valence-corrected chi connectivity index (χ0v) is 37.6. The van der Waals surface area contributed by atoms with Crippen LogP contribution in [0.2, 0.25) is 0 Å². The van der Waals surface area contributed by atoms with Crippen LogP contribution >= 0.6 is 0 Å². The van der Waals surface area contributed by atoms with Gasteiger partial charge in [0.25, 0.3) is 6.33 Å². The van der Waals surface area contributed by atoms with Gasteiger partial charge in [0, 0.05) is 45.6 Å². The van der Waals surface area contributed by atoms with Gasteiger partial charge in [0.15, 0.2) is 0 Å². The van der Waals surface area contributed by atoms with Crippen LogP contribution in [0.15, 0.2) is 200 Å². The van der Waals surface area contributed by atoms with E-state index in [1.54, 1.807) is 57.8 Å². The predicted octanol–water partition coefficient (Wildman–Crippen LogP) is 14.4. The van der Waals surface area contributed by atoms with Gasteiger partial charge in [-0.15, -0.1) is 29.7 Å². The molecule has 0 bridgehead atoms. The Morgan fingerprint density at radius 1 is 0.615 bits per heavy atom. The first kappa shape index (κ1) is 30.7. The van der Waals surface area contributed by atoms with E-state index in [-0.39, 0.29) is 54.9 Å². The van der Waals surface area contributed by atoms with E-state index in [2.05, 4.69) is 48.8 Å². The number of nitrogens with zero attached hydrogens (tertiary/aromatic N) is 4. The van der Waals surface area contributed by atoms with Gasteiger partial charge in [-0.3, -0.25) is 4.57 Å². The Labute approximate surface area is 409 Å². The van der Waals surface area contributed by atoms with Crippen LogP contribution in [0.3, 0.4) is 0 Å². The van der Waals surface area contributed by atoms with Gasteiger partial charge in [0.1, 0.15) is 5.82 Å². The van der Waals surface area contributed by atoms with Crippen LogP contribution in [-0.2, 0) is 21.1 Å². The van der Waals surface area contributed by atoms with Crippen molar-refractivity contribution >= 4 is 32.8 Å². The second-order valence-corrected chi connectivity index (χ2v) is 15.7. The molecule has 0 aliphatic heterocycles. The third-order valence-corrected chi connectivity index (χ3v) is 11.6. The first-order valence-corrected chi connectivity index (χ1v) is 20.9. The third kappa shape index (κ3) is 7.77. The van der Waals surface area contributed by atoms with Gasteiger partial charge in [-0.2, -0.15) is 18.2 Å². The first-order valence-electron chi connectivity index (χ1n) is 26.4. The van der Waals surface area contributed by atoms with Crippen molar-refractivity contribution in [3.8, 4) is 62.1 Å². The van der Waals surface area contributed by atoms with E-state index in [0.29, 0.717) is 39.6 Å². The minimum absolute atomic E-state index is 0. The van der Waals surface area contributed by atoms with Gasteiger partial charge < -0.3 is 13.9 Å². The molecule has 3 aromatic heterocycles. The second-order valence-electron chi connectivity index (χ2n) is 15.7. The molecule has 8 aromatic carbocycles. The Bertz CT molecular complexity index is 3990. The van der Waals surface area contributed by atoms with E-state index in [0.717, 1.165) is 33.0 Å². The summed E-state index contributed by atoms with van der Waals surface area (Å²) in [6, 6.07) is 43.2. The van der Waals surface area contributed by atoms with Crippen LogP contribution in [0, 0.1) is 24.4 Å². The molecule has 0 radical (unpaired) electrons. The van der Waals surface area contributed by atoms with Crippen LogP contribution in [0.1, 0.15) is 47.3 Å². The molecule has 11 aromatic rings. The van der Waals surface area contributed by atoms with Crippen molar-refractivity contribution in [2.45, 2.75) is 26.7 Å². The summed E-state index contributed by atoms with van der Waals surface area (Å²) in [5.41, 5.74) is 6.28. The van der Waals surface area contributed by atoms with Gasteiger partial charge in [0.2, 0.25) is 0 Å². The standard InChI is InChI=1S/C59H44N4O.Pt/c1-40(2)41(3)45-33-34-60-58(36-45)63-54-32-29-46(42-17-7-4-8-18-42)35-53(54)52-31-30-49(38-57(52)63)64-48-24-15-23-47(37-48)61-39-62(56-28-14-13-27-55(56)61)59-50(43-19-9-5-10-20-43)25-16-26-51(59)44-21-11-6-12-22-44;/h4-36,40-41H,1-3H3;/q-2;/i5D,6D,9D,10D,11D,12D,19D,20D,21D,22D,41D;. The Morgan fingerprint density at radius 3 is 2.05 bits per heavy atom. The summed E-state index contributed by atoms with van der Waals surface area (Å²) < 4.78 is 108. The van der Waals surface area contributed by atoms with Crippen LogP contribution in [-0.4, -0.2) is 14.1 Å². The van der Waals surface area contributed by atoms with Crippen molar-refractivity contribution in [2.75, 3.05) is 0 Å². The molecule has 318 valence electrons. The van der Waals surface area contributed by atoms with E-state index in [1.165, 1.54) is 0 Å². The maximum Gasteiger partial charge on any atom is 0.268 e. The summed E-state index contributed by atoms with van der Waals surface area (Å²) in [4.78, 5) is 4.85. The van der Waals surface area contributed by atoms with Crippen molar-refractivity contribution in [1.82, 2.24) is 14.1 Å². The van der Waals surface area contributed by atoms with E-state index in [9.17, 15) is 1.37 Å². The molecule has 65 heavy (non-hydrogen) atoms. The van der Waals surface area contributed by atoms with Crippen LogP contribution in [0.4, 0.5) is 0 Å². The third-order valence-electron chi connectivity index (χ3n) is 11.6. The molecule has 0 fully saturated rings. The van der Waals surface area contributed by atoms with Gasteiger partial charge in [-0.1, -0.05) is 172 Å². The van der Waals surface area contributed by atoms with Crippen molar-refractivity contribution in [2.24, 2.45) is 5.92 Å². The molecule has 11 rings (SSSR count). The summed E-state index contributed by atoms with van der Waals surface area (Å²) in [6.07, 6.45) is 5.15. The van der Waals surface area contributed by atoms with Crippen molar-refractivity contribution in [1.29, 1.82) is 0 Å². The number of hydrogen-bond donors (Lipinski definition) is 0. The second kappa shape index (κ2) is 17.7. The van der Waals surface area contributed by atoms with E-state index >= 15 is 0 Å². The van der Waals surface area contributed by atoms with E-state index < -0.39 is 66.3 Å². The number of rotatable bonds is 10. The summed E-state index contributed by atoms with van der Waals surface area (Å²) in [7, 11) is 0. The van der Waals surface area contributed by atoms with Crippen LogP contribution in [0.5, 0.6) is 11.5 Å². The molecule has 6 heteroatoms. The maximum absolute atomic E-state index is 9.25. The van der Waals surface area contributed by atoms with Crippen molar-refractivity contribution in [3.63, 3.8) is 0 Å². The molecule has 3 heterocycles. The molecule has 0 saturated carbocycles. The van der Waals surface area contributed by atoms with Gasteiger partial charge in [-0.05, 0) is 80.0 Å². The molecule has 0 spiro atoms. The Kier molecular flexibility index (Phi) is 8.35. The molecular formula is C59H44N4OPt-2. The predicted molar refractivity (Wildman–Crippen MR) is 260 cm³/mol. The molecule has 5 nitrogen and oxygen atoms in total. The molecule has 1 unspecified atom stereocenters. The Morgan fingerprint density at radius 2 is 1.31 bits per heavy atom. The van der Waals surface area contributed by atoms with Crippen molar-refractivity contribution in [3.05, 3.63) is 224 Å². The molecule has 0 aliphatic rings. The fourth-order valence-corrected chi connectivity index (χ4v) is 8.26. The molecular weight excluding hydrogens is 976 g/mol. The molecule has 0 N–H and O–H groups in total. The fraction of sp³-hybridized carbons (Fsp3) is 0.0847. The zero-order chi connectivity index (χ0) is 52.8. The summed E-state index contributed by atoms with van der Waals surface area (Å²) >= 11 is 0. The number of imidazole rings is 1. The molecule has 0 aliphatic carbocycles. The van der Waals surface area contributed by atoms with E-state index in [4.69, 9.17) is 23.4 Å². The average molecular weight is 1030 g/mol. The topological polar surface area (TPSA) is 35.9 Å². The Hall–Kier alpha value is -7.33.